The number of benzene rings is 2. The topological polar surface area (TPSA) is 17.8 Å². The third-order valence-electron chi connectivity index (χ3n) is 3.38. The molecule has 0 fully saturated rings. The zero-order valence-corrected chi connectivity index (χ0v) is 13.1. The predicted octanol–water partition coefficient (Wildman–Crippen LogP) is 5.24. The summed E-state index contributed by atoms with van der Waals surface area (Å²) in [6.45, 7) is 2.05. The maximum atomic E-state index is 6.47. The predicted molar refractivity (Wildman–Crippen MR) is 88.3 cm³/mol. The van der Waals surface area contributed by atoms with Crippen molar-refractivity contribution in [2.45, 2.75) is 12.8 Å². The normalized spacial score (nSPS) is 10.8. The second-order valence-corrected chi connectivity index (χ2v) is 5.49. The Bertz CT molecular complexity index is 746. The second-order valence-electron chi connectivity index (χ2n) is 4.86. The summed E-state index contributed by atoms with van der Waals surface area (Å²) < 4.78 is 1.74. The molecule has 2 aromatic carbocycles. The molecule has 0 aliphatic rings. The monoisotopic (exact) mass is 316 g/mol. The van der Waals surface area contributed by atoms with Crippen LogP contribution in [0.4, 0.5) is 0 Å². The number of alkyl halides is 1. The molecular weight excluding hydrogens is 303 g/mol. The smallest absolute Gasteiger partial charge is 0.137 e. The third kappa shape index (κ3) is 2.69. The molecule has 0 bridgehead atoms. The third-order valence-corrected chi connectivity index (χ3v) is 4.04. The largest absolute Gasteiger partial charge is 0.221 e. The molecule has 0 aliphatic carbocycles. The molecule has 3 rings (SSSR count). The molecule has 106 valence electrons. The van der Waals surface area contributed by atoms with Crippen LogP contribution in [0.3, 0.4) is 0 Å². The molecule has 0 unspecified atom stereocenters. The van der Waals surface area contributed by atoms with Crippen LogP contribution >= 0.6 is 23.2 Å². The van der Waals surface area contributed by atoms with Crippen molar-refractivity contribution in [3.8, 4) is 16.9 Å². The van der Waals surface area contributed by atoms with Crippen LogP contribution in [0.15, 0.2) is 54.6 Å². The highest BCUT2D eigenvalue weighted by molar-refractivity contribution is 6.32. The summed E-state index contributed by atoms with van der Waals surface area (Å²) >= 11 is 12.5. The molecule has 0 atom stereocenters. The number of rotatable bonds is 3. The van der Waals surface area contributed by atoms with Crippen molar-refractivity contribution in [2.75, 3.05) is 0 Å². The molecule has 21 heavy (non-hydrogen) atoms. The standard InChI is InChI=1S/C17H14Cl2N2/c1-12-7-9-14(10-8-12)21-17(19)15(11-18)16(20-21)13-5-3-2-4-6-13/h2-10H,11H2,1H3. The Kier molecular flexibility index (Phi) is 4.00. The van der Waals surface area contributed by atoms with Crippen molar-refractivity contribution in [1.82, 2.24) is 9.78 Å². The number of aryl methyl sites for hydroxylation is 1. The lowest BCUT2D eigenvalue weighted by atomic mass is 10.1. The van der Waals surface area contributed by atoms with Crippen LogP contribution in [0.1, 0.15) is 11.1 Å². The molecule has 0 saturated heterocycles. The van der Waals surface area contributed by atoms with E-state index in [4.69, 9.17) is 23.2 Å². The minimum absolute atomic E-state index is 0.328. The lowest BCUT2D eigenvalue weighted by Gasteiger charge is -2.03. The van der Waals surface area contributed by atoms with Crippen LogP contribution in [0, 0.1) is 6.92 Å². The van der Waals surface area contributed by atoms with Crippen LogP contribution < -0.4 is 0 Å². The Morgan fingerprint density at radius 2 is 1.67 bits per heavy atom. The Hall–Kier alpha value is -1.77. The van der Waals surface area contributed by atoms with E-state index in [1.54, 1.807) is 4.68 Å². The number of halogens is 2. The van der Waals surface area contributed by atoms with Crippen molar-refractivity contribution in [3.05, 3.63) is 70.9 Å². The first-order valence-corrected chi connectivity index (χ1v) is 7.58. The van der Waals surface area contributed by atoms with E-state index in [0.717, 1.165) is 22.5 Å². The fraction of sp³-hybridized carbons (Fsp3) is 0.118. The van der Waals surface area contributed by atoms with Gasteiger partial charge < -0.3 is 0 Å². The summed E-state index contributed by atoms with van der Waals surface area (Å²) in [6, 6.07) is 18.0. The van der Waals surface area contributed by atoms with Gasteiger partial charge in [-0.25, -0.2) is 4.68 Å². The summed E-state index contributed by atoms with van der Waals surface area (Å²) in [6.07, 6.45) is 0. The van der Waals surface area contributed by atoms with Crippen molar-refractivity contribution >= 4 is 23.2 Å². The molecule has 0 aliphatic heterocycles. The van der Waals surface area contributed by atoms with Crippen LogP contribution in [-0.2, 0) is 5.88 Å². The second kappa shape index (κ2) is 5.92. The number of nitrogens with zero attached hydrogens (tertiary/aromatic N) is 2. The number of hydrogen-bond donors (Lipinski definition) is 0. The van der Waals surface area contributed by atoms with E-state index in [-0.39, 0.29) is 0 Å². The molecule has 0 radical (unpaired) electrons. The van der Waals surface area contributed by atoms with Crippen molar-refractivity contribution in [1.29, 1.82) is 0 Å². The average molecular weight is 317 g/mol. The van der Waals surface area contributed by atoms with E-state index in [0.29, 0.717) is 11.0 Å². The fourth-order valence-electron chi connectivity index (χ4n) is 2.23. The van der Waals surface area contributed by atoms with Gasteiger partial charge in [0, 0.05) is 11.1 Å². The highest BCUT2D eigenvalue weighted by atomic mass is 35.5. The van der Waals surface area contributed by atoms with Gasteiger partial charge in [0.1, 0.15) is 5.15 Å². The molecule has 0 amide bonds. The number of hydrogen-bond acceptors (Lipinski definition) is 1. The van der Waals surface area contributed by atoms with Gasteiger partial charge in [-0.15, -0.1) is 11.6 Å². The summed E-state index contributed by atoms with van der Waals surface area (Å²) in [5, 5.41) is 5.21. The molecule has 0 N–H and O–H groups in total. The van der Waals surface area contributed by atoms with Crippen LogP contribution in [0.5, 0.6) is 0 Å². The maximum Gasteiger partial charge on any atom is 0.137 e. The van der Waals surface area contributed by atoms with Gasteiger partial charge in [-0.05, 0) is 19.1 Å². The Morgan fingerprint density at radius 1 is 1.00 bits per heavy atom. The minimum atomic E-state index is 0.328. The zero-order valence-electron chi connectivity index (χ0n) is 11.6. The van der Waals surface area contributed by atoms with Gasteiger partial charge in [-0.3, -0.25) is 0 Å². The van der Waals surface area contributed by atoms with Gasteiger partial charge in [0.15, 0.2) is 0 Å². The maximum absolute atomic E-state index is 6.47. The minimum Gasteiger partial charge on any atom is -0.221 e. The van der Waals surface area contributed by atoms with Gasteiger partial charge in [-0.1, -0.05) is 59.6 Å². The summed E-state index contributed by atoms with van der Waals surface area (Å²) in [5.41, 5.74) is 4.82. The molecule has 3 aromatic rings. The van der Waals surface area contributed by atoms with E-state index >= 15 is 0 Å². The van der Waals surface area contributed by atoms with Crippen molar-refractivity contribution in [2.24, 2.45) is 0 Å². The first-order chi connectivity index (χ1) is 10.2. The first-order valence-electron chi connectivity index (χ1n) is 6.66. The van der Waals surface area contributed by atoms with Crippen molar-refractivity contribution in [3.63, 3.8) is 0 Å². The van der Waals surface area contributed by atoms with Gasteiger partial charge >= 0.3 is 0 Å². The lowest BCUT2D eigenvalue weighted by molar-refractivity contribution is 0.884. The fourth-order valence-corrected chi connectivity index (χ4v) is 2.85. The molecular formula is C17H14Cl2N2. The Morgan fingerprint density at radius 3 is 2.29 bits per heavy atom. The first kappa shape index (κ1) is 14.2. The van der Waals surface area contributed by atoms with E-state index in [2.05, 4.69) is 5.10 Å². The Balaban J connectivity index is 2.16. The molecule has 2 nitrogen and oxygen atoms in total. The lowest BCUT2D eigenvalue weighted by Crippen LogP contribution is -1.96. The number of aromatic nitrogens is 2. The summed E-state index contributed by atoms with van der Waals surface area (Å²) in [4.78, 5) is 0. The van der Waals surface area contributed by atoms with E-state index < -0.39 is 0 Å². The molecule has 4 heteroatoms. The zero-order chi connectivity index (χ0) is 14.8. The highest BCUT2D eigenvalue weighted by Gasteiger charge is 2.17. The van der Waals surface area contributed by atoms with Gasteiger partial charge in [-0.2, -0.15) is 5.10 Å². The van der Waals surface area contributed by atoms with Crippen LogP contribution in [-0.4, -0.2) is 9.78 Å². The van der Waals surface area contributed by atoms with Crippen molar-refractivity contribution < 1.29 is 0 Å². The average Bonchev–Trinajstić information content (AvgIpc) is 2.86. The van der Waals surface area contributed by atoms with Crippen LogP contribution in [0.25, 0.3) is 16.9 Å². The highest BCUT2D eigenvalue weighted by Crippen LogP contribution is 2.31. The Labute approximate surface area is 133 Å². The van der Waals surface area contributed by atoms with E-state index in [9.17, 15) is 0 Å². The summed E-state index contributed by atoms with van der Waals surface area (Å²) in [7, 11) is 0. The van der Waals surface area contributed by atoms with Gasteiger partial charge in [0.25, 0.3) is 0 Å². The van der Waals surface area contributed by atoms with E-state index in [1.165, 1.54) is 5.56 Å². The quantitative estimate of drug-likeness (QED) is 0.604. The molecule has 1 aromatic heterocycles. The van der Waals surface area contributed by atoms with Gasteiger partial charge in [0.2, 0.25) is 0 Å². The SMILES string of the molecule is Cc1ccc(-n2nc(-c3ccccc3)c(CCl)c2Cl)cc1. The molecule has 0 saturated carbocycles. The summed E-state index contributed by atoms with van der Waals surface area (Å²) in [5.74, 6) is 0.328. The van der Waals surface area contributed by atoms with Crippen LogP contribution in [0.2, 0.25) is 5.15 Å². The molecule has 1 heterocycles. The van der Waals surface area contributed by atoms with E-state index in [1.807, 2.05) is 61.5 Å². The van der Waals surface area contributed by atoms with Gasteiger partial charge in [0.05, 0.1) is 17.3 Å². The molecule has 0 spiro atoms.